The van der Waals surface area contributed by atoms with Gasteiger partial charge in [0.15, 0.2) is 0 Å². The molecule has 1 heteroatoms. The molecule has 2 aromatic rings. The summed E-state index contributed by atoms with van der Waals surface area (Å²) in [5.41, 5.74) is 3.07. The molecule has 88 valence electrons. The van der Waals surface area contributed by atoms with Gasteiger partial charge in [-0.3, -0.25) is 0 Å². The quantitative estimate of drug-likeness (QED) is 0.568. The van der Waals surface area contributed by atoms with Crippen LogP contribution in [0.2, 0.25) is 0 Å². The van der Waals surface area contributed by atoms with Gasteiger partial charge in [-0.05, 0) is 29.8 Å². The van der Waals surface area contributed by atoms with Gasteiger partial charge in [0.25, 0.3) is 0 Å². The zero-order valence-corrected chi connectivity index (χ0v) is 10.3. The molecule has 0 radical (unpaired) electrons. The van der Waals surface area contributed by atoms with Gasteiger partial charge >= 0.3 is 0 Å². The van der Waals surface area contributed by atoms with Crippen molar-refractivity contribution in [3.05, 3.63) is 77.5 Å². The van der Waals surface area contributed by atoms with Gasteiger partial charge in [0.2, 0.25) is 0 Å². The maximum atomic E-state index is 4.93. The molecule has 2 aromatic carbocycles. The lowest BCUT2D eigenvalue weighted by atomic mass is 10.1. The molecule has 0 unspecified atom stereocenters. The van der Waals surface area contributed by atoms with Crippen LogP contribution in [0, 0.1) is 11.8 Å². The van der Waals surface area contributed by atoms with Crippen LogP contribution < -0.4 is 0 Å². The first-order valence-corrected chi connectivity index (χ1v) is 5.75. The Morgan fingerprint density at radius 2 is 1.61 bits per heavy atom. The zero-order valence-electron chi connectivity index (χ0n) is 10.3. The summed E-state index contributed by atoms with van der Waals surface area (Å²) in [7, 11) is 1.63. The maximum absolute atomic E-state index is 4.93. The van der Waals surface area contributed by atoms with Gasteiger partial charge in [-0.1, -0.05) is 48.2 Å². The number of hydrogen-bond donors (Lipinski definition) is 0. The van der Waals surface area contributed by atoms with E-state index in [0.717, 1.165) is 16.7 Å². The Labute approximate surface area is 108 Å². The van der Waals surface area contributed by atoms with Crippen LogP contribution in [0.15, 0.2) is 60.9 Å². The zero-order chi connectivity index (χ0) is 12.6. The Balaban J connectivity index is 2.30. The van der Waals surface area contributed by atoms with Gasteiger partial charge in [-0.2, -0.15) is 0 Å². The van der Waals surface area contributed by atoms with Crippen molar-refractivity contribution in [2.45, 2.75) is 0 Å². The predicted molar refractivity (Wildman–Crippen MR) is 74.9 cm³/mol. The largest absolute Gasteiger partial charge is 0.504 e. The van der Waals surface area contributed by atoms with E-state index in [1.165, 1.54) is 0 Å². The van der Waals surface area contributed by atoms with Crippen molar-refractivity contribution in [1.29, 1.82) is 0 Å². The molecule has 0 bridgehead atoms. The van der Waals surface area contributed by atoms with E-state index in [0.29, 0.717) is 0 Å². The van der Waals surface area contributed by atoms with Crippen LogP contribution in [0.5, 0.6) is 0 Å². The minimum atomic E-state index is 0.995. The lowest BCUT2D eigenvalue weighted by molar-refractivity contribution is 0.341. The Kier molecular flexibility index (Phi) is 4.22. The van der Waals surface area contributed by atoms with E-state index in [1.54, 1.807) is 13.4 Å². The van der Waals surface area contributed by atoms with Crippen molar-refractivity contribution in [3.8, 4) is 11.8 Å². The average Bonchev–Trinajstić information content (AvgIpc) is 2.45. The van der Waals surface area contributed by atoms with Crippen molar-refractivity contribution in [2.24, 2.45) is 0 Å². The fourth-order valence-electron chi connectivity index (χ4n) is 1.56. The van der Waals surface area contributed by atoms with E-state index < -0.39 is 0 Å². The first-order chi connectivity index (χ1) is 8.90. The summed E-state index contributed by atoms with van der Waals surface area (Å²) in [5.74, 6) is 6.33. The first-order valence-electron chi connectivity index (χ1n) is 5.75. The maximum Gasteiger partial charge on any atom is 0.0831 e. The van der Waals surface area contributed by atoms with Crippen LogP contribution >= 0.6 is 0 Å². The molecule has 2 rings (SSSR count). The molecule has 18 heavy (non-hydrogen) atoms. The minimum Gasteiger partial charge on any atom is -0.504 e. The van der Waals surface area contributed by atoms with E-state index in [2.05, 4.69) is 11.8 Å². The van der Waals surface area contributed by atoms with Crippen molar-refractivity contribution in [2.75, 3.05) is 7.11 Å². The summed E-state index contributed by atoms with van der Waals surface area (Å²) in [6.07, 6.45) is 3.57. The Bertz CT molecular complexity index is 586. The fraction of sp³-hybridized carbons (Fsp3) is 0.0588. The van der Waals surface area contributed by atoms with Gasteiger partial charge in [0.1, 0.15) is 0 Å². The third-order valence-corrected chi connectivity index (χ3v) is 2.46. The highest BCUT2D eigenvalue weighted by molar-refractivity contribution is 5.59. The topological polar surface area (TPSA) is 9.23 Å². The fourth-order valence-corrected chi connectivity index (χ4v) is 1.56. The highest BCUT2D eigenvalue weighted by Gasteiger charge is 1.94. The lowest BCUT2D eigenvalue weighted by Crippen LogP contribution is -1.82. The Morgan fingerprint density at radius 1 is 0.889 bits per heavy atom. The molecule has 1 nitrogen and oxygen atoms in total. The second-order valence-electron chi connectivity index (χ2n) is 3.74. The van der Waals surface area contributed by atoms with Crippen LogP contribution in [0.3, 0.4) is 0 Å². The average molecular weight is 234 g/mol. The number of hydrogen-bond acceptors (Lipinski definition) is 1. The molecule has 0 aliphatic heterocycles. The number of methoxy groups -OCH3 is 1. The van der Waals surface area contributed by atoms with Crippen LogP contribution in [0.25, 0.3) is 6.08 Å². The molecule has 0 atom stereocenters. The first kappa shape index (κ1) is 12.0. The Morgan fingerprint density at radius 3 is 2.39 bits per heavy atom. The molecule has 0 aliphatic carbocycles. The second kappa shape index (κ2) is 6.32. The van der Waals surface area contributed by atoms with Gasteiger partial charge in [0, 0.05) is 11.1 Å². The van der Waals surface area contributed by atoms with E-state index in [-0.39, 0.29) is 0 Å². The summed E-state index contributed by atoms with van der Waals surface area (Å²) < 4.78 is 4.93. The molecular weight excluding hydrogens is 220 g/mol. The third kappa shape index (κ3) is 3.26. The normalized spacial score (nSPS) is 9.83. The summed E-state index contributed by atoms with van der Waals surface area (Å²) >= 11 is 0. The van der Waals surface area contributed by atoms with Crippen LogP contribution in [-0.4, -0.2) is 7.11 Å². The van der Waals surface area contributed by atoms with Crippen molar-refractivity contribution >= 4 is 6.08 Å². The number of ether oxygens (including phenoxy) is 1. The molecule has 0 saturated carbocycles. The van der Waals surface area contributed by atoms with Crippen LogP contribution in [0.1, 0.15) is 16.7 Å². The SMILES string of the molecule is CO/C=C/c1ccccc1C#Cc1ccccc1. The van der Waals surface area contributed by atoms with E-state index in [9.17, 15) is 0 Å². The highest BCUT2D eigenvalue weighted by atomic mass is 16.5. The summed E-state index contributed by atoms with van der Waals surface area (Å²) in [6.45, 7) is 0. The van der Waals surface area contributed by atoms with Crippen molar-refractivity contribution < 1.29 is 4.74 Å². The monoisotopic (exact) mass is 234 g/mol. The summed E-state index contributed by atoms with van der Waals surface area (Å²) in [4.78, 5) is 0. The van der Waals surface area contributed by atoms with Gasteiger partial charge in [0.05, 0.1) is 13.4 Å². The molecule has 0 heterocycles. The second-order valence-corrected chi connectivity index (χ2v) is 3.74. The molecule has 0 aromatic heterocycles. The van der Waals surface area contributed by atoms with E-state index >= 15 is 0 Å². The van der Waals surface area contributed by atoms with Gasteiger partial charge in [-0.15, -0.1) is 0 Å². The third-order valence-electron chi connectivity index (χ3n) is 2.46. The van der Waals surface area contributed by atoms with Gasteiger partial charge in [-0.25, -0.2) is 0 Å². The van der Waals surface area contributed by atoms with E-state index in [4.69, 9.17) is 4.74 Å². The predicted octanol–water partition coefficient (Wildman–Crippen LogP) is 3.70. The van der Waals surface area contributed by atoms with E-state index in [1.807, 2.05) is 60.7 Å². The summed E-state index contributed by atoms with van der Waals surface area (Å²) in [6, 6.07) is 18.0. The number of rotatable bonds is 2. The molecule has 0 spiro atoms. The standard InChI is InChI=1S/C17H14O/c1-18-14-13-17-10-6-5-9-16(17)12-11-15-7-3-2-4-8-15/h2-10,13-14H,1H3/b14-13+. The van der Waals surface area contributed by atoms with Crippen molar-refractivity contribution in [1.82, 2.24) is 0 Å². The van der Waals surface area contributed by atoms with Crippen LogP contribution in [0.4, 0.5) is 0 Å². The molecule has 0 N–H and O–H groups in total. The molecule has 0 aliphatic rings. The number of benzene rings is 2. The highest BCUT2D eigenvalue weighted by Crippen LogP contribution is 2.09. The lowest BCUT2D eigenvalue weighted by Gasteiger charge is -1.97. The molecular formula is C17H14O. The summed E-state index contributed by atoms with van der Waals surface area (Å²) in [5, 5.41) is 0. The minimum absolute atomic E-state index is 0.995. The molecule has 0 amide bonds. The molecule has 0 saturated heterocycles. The van der Waals surface area contributed by atoms with Crippen molar-refractivity contribution in [3.63, 3.8) is 0 Å². The Hall–Kier alpha value is -2.46. The smallest absolute Gasteiger partial charge is 0.0831 e. The van der Waals surface area contributed by atoms with Crippen LogP contribution in [-0.2, 0) is 4.74 Å². The van der Waals surface area contributed by atoms with Gasteiger partial charge < -0.3 is 4.74 Å². The molecule has 0 fully saturated rings.